The fraction of sp³-hybridized carbons (Fsp3) is 0.417. The summed E-state index contributed by atoms with van der Waals surface area (Å²) in [6.07, 6.45) is -3.07. The van der Waals surface area contributed by atoms with Crippen molar-refractivity contribution in [2.45, 2.75) is 32.0 Å². The van der Waals surface area contributed by atoms with Crippen LogP contribution >= 0.6 is 11.3 Å². The van der Waals surface area contributed by atoms with Crippen molar-refractivity contribution in [1.82, 2.24) is 15.0 Å². The van der Waals surface area contributed by atoms with Gasteiger partial charge < -0.3 is 11.1 Å². The molecule has 114 valence electrons. The Bertz CT molecular complexity index is 585. The normalized spacial score (nSPS) is 13.1. The van der Waals surface area contributed by atoms with Gasteiger partial charge in [-0.2, -0.15) is 28.1 Å². The van der Waals surface area contributed by atoms with Crippen LogP contribution in [-0.4, -0.2) is 21.0 Å². The minimum atomic E-state index is -4.65. The second-order valence-corrected chi connectivity index (χ2v) is 5.53. The lowest BCUT2D eigenvalue weighted by atomic mass is 10.1. The van der Waals surface area contributed by atoms with Crippen LogP contribution in [-0.2, 0) is 12.6 Å². The molecule has 21 heavy (non-hydrogen) atoms. The van der Waals surface area contributed by atoms with Crippen molar-refractivity contribution in [2.75, 3.05) is 11.1 Å². The number of nitrogen functional groups attached to an aromatic ring is 1. The number of rotatable bonds is 5. The zero-order valence-corrected chi connectivity index (χ0v) is 12.0. The SMILES string of the molecule is CC(CCc1cccs1)Nc1nc(N)nc(C(F)(F)F)n1. The molecule has 9 heteroatoms. The van der Waals surface area contributed by atoms with Crippen molar-refractivity contribution in [3.63, 3.8) is 0 Å². The molecule has 0 aliphatic heterocycles. The number of nitrogens with zero attached hydrogens (tertiary/aromatic N) is 3. The second-order valence-electron chi connectivity index (χ2n) is 4.50. The maximum absolute atomic E-state index is 12.6. The summed E-state index contributed by atoms with van der Waals surface area (Å²) in [5.41, 5.74) is 5.28. The Labute approximate surface area is 123 Å². The van der Waals surface area contributed by atoms with E-state index in [1.165, 1.54) is 4.88 Å². The third kappa shape index (κ3) is 4.55. The molecule has 0 spiro atoms. The van der Waals surface area contributed by atoms with E-state index in [9.17, 15) is 13.2 Å². The fourth-order valence-electron chi connectivity index (χ4n) is 1.69. The minimum Gasteiger partial charge on any atom is -0.368 e. The fourth-order valence-corrected chi connectivity index (χ4v) is 2.41. The molecule has 0 aliphatic rings. The van der Waals surface area contributed by atoms with Gasteiger partial charge in [0.2, 0.25) is 17.7 Å². The van der Waals surface area contributed by atoms with Crippen LogP contribution in [0.15, 0.2) is 17.5 Å². The van der Waals surface area contributed by atoms with Gasteiger partial charge in [-0.1, -0.05) is 6.07 Å². The van der Waals surface area contributed by atoms with E-state index in [4.69, 9.17) is 5.73 Å². The molecule has 0 radical (unpaired) electrons. The van der Waals surface area contributed by atoms with Crippen LogP contribution in [0.1, 0.15) is 24.0 Å². The topological polar surface area (TPSA) is 76.7 Å². The first-order valence-electron chi connectivity index (χ1n) is 6.22. The molecule has 5 nitrogen and oxygen atoms in total. The van der Waals surface area contributed by atoms with Crippen LogP contribution in [0.25, 0.3) is 0 Å². The number of anilines is 2. The van der Waals surface area contributed by atoms with Gasteiger partial charge in [-0.15, -0.1) is 11.3 Å². The summed E-state index contributed by atoms with van der Waals surface area (Å²) >= 11 is 1.64. The van der Waals surface area contributed by atoms with E-state index in [0.717, 1.165) is 12.8 Å². The highest BCUT2D eigenvalue weighted by Crippen LogP contribution is 2.27. The first kappa shape index (κ1) is 15.5. The summed E-state index contributed by atoms with van der Waals surface area (Å²) in [6.45, 7) is 1.85. The van der Waals surface area contributed by atoms with Crippen molar-refractivity contribution >= 4 is 23.2 Å². The molecule has 2 heterocycles. The van der Waals surface area contributed by atoms with Crippen molar-refractivity contribution in [3.05, 3.63) is 28.2 Å². The van der Waals surface area contributed by atoms with E-state index in [0.29, 0.717) is 0 Å². The highest BCUT2D eigenvalue weighted by molar-refractivity contribution is 7.09. The highest BCUT2D eigenvalue weighted by Gasteiger charge is 2.35. The quantitative estimate of drug-likeness (QED) is 0.886. The van der Waals surface area contributed by atoms with E-state index in [1.807, 2.05) is 24.4 Å². The van der Waals surface area contributed by atoms with Gasteiger partial charge >= 0.3 is 6.18 Å². The number of hydrogen-bond donors (Lipinski definition) is 2. The smallest absolute Gasteiger partial charge is 0.368 e. The molecule has 0 saturated heterocycles. The molecule has 0 aromatic carbocycles. The number of aromatic nitrogens is 3. The monoisotopic (exact) mass is 317 g/mol. The first-order valence-corrected chi connectivity index (χ1v) is 7.10. The molecule has 0 aliphatic carbocycles. The molecule has 3 N–H and O–H groups in total. The Morgan fingerprint density at radius 2 is 2.10 bits per heavy atom. The predicted octanol–water partition coefficient (Wildman–Crippen LogP) is 2.97. The van der Waals surface area contributed by atoms with Gasteiger partial charge in [0, 0.05) is 10.9 Å². The van der Waals surface area contributed by atoms with Crippen molar-refractivity contribution < 1.29 is 13.2 Å². The first-order chi connectivity index (χ1) is 9.84. The average Bonchev–Trinajstić information content (AvgIpc) is 2.87. The second kappa shape index (κ2) is 6.25. The van der Waals surface area contributed by atoms with Gasteiger partial charge in [0.05, 0.1) is 0 Å². The van der Waals surface area contributed by atoms with E-state index in [2.05, 4.69) is 20.3 Å². The Balaban J connectivity index is 2.00. The summed E-state index contributed by atoms with van der Waals surface area (Å²) in [4.78, 5) is 11.3. The zero-order valence-electron chi connectivity index (χ0n) is 11.2. The molecular formula is C12H14F3N5S. The molecule has 2 rings (SSSR count). The molecule has 2 aromatic rings. The van der Waals surface area contributed by atoms with Gasteiger partial charge in [-0.3, -0.25) is 0 Å². The van der Waals surface area contributed by atoms with Crippen molar-refractivity contribution in [1.29, 1.82) is 0 Å². The van der Waals surface area contributed by atoms with E-state index >= 15 is 0 Å². The molecule has 0 fully saturated rings. The van der Waals surface area contributed by atoms with Crippen LogP contribution in [0.2, 0.25) is 0 Å². The van der Waals surface area contributed by atoms with E-state index in [1.54, 1.807) is 11.3 Å². The minimum absolute atomic E-state index is 0.0880. The third-order valence-electron chi connectivity index (χ3n) is 2.69. The van der Waals surface area contributed by atoms with E-state index < -0.39 is 17.9 Å². The number of thiophene rings is 1. The summed E-state index contributed by atoms with van der Waals surface area (Å²) in [6, 6.07) is 3.88. The maximum atomic E-state index is 12.6. The number of aryl methyl sites for hydroxylation is 1. The summed E-state index contributed by atoms with van der Waals surface area (Å²) in [5, 5.41) is 4.80. The number of nitrogens with one attached hydrogen (secondary N) is 1. The number of alkyl halides is 3. The van der Waals surface area contributed by atoms with Gasteiger partial charge in [0.25, 0.3) is 0 Å². The van der Waals surface area contributed by atoms with Gasteiger partial charge in [-0.05, 0) is 31.2 Å². The number of nitrogens with two attached hydrogens (primary N) is 1. The molecule has 1 unspecified atom stereocenters. The van der Waals surface area contributed by atoms with Crippen LogP contribution in [0.3, 0.4) is 0 Å². The summed E-state index contributed by atoms with van der Waals surface area (Å²) in [5.74, 6) is -1.90. The van der Waals surface area contributed by atoms with Crippen LogP contribution in [0.4, 0.5) is 25.1 Å². The van der Waals surface area contributed by atoms with E-state index in [-0.39, 0.29) is 12.0 Å². The molecule has 2 aromatic heterocycles. The predicted molar refractivity (Wildman–Crippen MR) is 75.0 cm³/mol. The number of hydrogen-bond acceptors (Lipinski definition) is 6. The molecule has 0 bridgehead atoms. The van der Waals surface area contributed by atoms with Crippen LogP contribution in [0, 0.1) is 0 Å². The summed E-state index contributed by atoms with van der Waals surface area (Å²) in [7, 11) is 0. The average molecular weight is 317 g/mol. The Morgan fingerprint density at radius 3 is 2.71 bits per heavy atom. The molecule has 0 amide bonds. The maximum Gasteiger partial charge on any atom is 0.451 e. The van der Waals surface area contributed by atoms with Gasteiger partial charge in [-0.25, -0.2) is 0 Å². The lowest BCUT2D eigenvalue weighted by Crippen LogP contribution is -2.21. The molecule has 1 atom stereocenters. The lowest BCUT2D eigenvalue weighted by molar-refractivity contribution is -0.144. The van der Waals surface area contributed by atoms with Gasteiger partial charge in [0.15, 0.2) is 0 Å². The van der Waals surface area contributed by atoms with Gasteiger partial charge in [0.1, 0.15) is 0 Å². The number of halogens is 3. The third-order valence-corrected chi connectivity index (χ3v) is 3.62. The Morgan fingerprint density at radius 1 is 1.33 bits per heavy atom. The zero-order chi connectivity index (χ0) is 15.5. The van der Waals surface area contributed by atoms with Crippen LogP contribution in [0.5, 0.6) is 0 Å². The van der Waals surface area contributed by atoms with Crippen molar-refractivity contribution in [3.8, 4) is 0 Å². The summed E-state index contributed by atoms with van der Waals surface area (Å²) < 4.78 is 37.8. The van der Waals surface area contributed by atoms with Crippen LogP contribution < -0.4 is 11.1 Å². The molecular weight excluding hydrogens is 303 g/mol. The standard InChI is InChI=1S/C12H14F3N5S/c1-7(4-5-8-3-2-6-21-8)17-11-19-9(12(13,14)15)18-10(16)20-11/h2-3,6-7H,4-5H2,1H3,(H3,16,17,18,19,20). The lowest BCUT2D eigenvalue weighted by Gasteiger charge is -2.14. The Hall–Kier alpha value is -1.90. The Kier molecular flexibility index (Phi) is 4.61. The highest BCUT2D eigenvalue weighted by atomic mass is 32.1. The largest absolute Gasteiger partial charge is 0.451 e. The van der Waals surface area contributed by atoms with Crippen molar-refractivity contribution in [2.24, 2.45) is 0 Å². The molecule has 0 saturated carbocycles.